The highest BCUT2D eigenvalue weighted by molar-refractivity contribution is 5.73. The van der Waals surface area contributed by atoms with Crippen LogP contribution in [0.2, 0.25) is 0 Å². The molecule has 0 unspecified atom stereocenters. The zero-order chi connectivity index (χ0) is 23.2. The maximum atomic E-state index is 13.9. The van der Waals surface area contributed by atoms with Crippen LogP contribution in [0, 0.1) is 11.2 Å². The van der Waals surface area contributed by atoms with Crippen LogP contribution in [-0.2, 0) is 11.3 Å². The Labute approximate surface area is 183 Å². The summed E-state index contributed by atoms with van der Waals surface area (Å²) in [5, 5.41) is 7.12. The molecule has 2 aromatic rings. The summed E-state index contributed by atoms with van der Waals surface area (Å²) in [7, 11) is 0. The number of carboxylic acids is 1. The summed E-state index contributed by atoms with van der Waals surface area (Å²) in [5.74, 6) is -2.12. The lowest BCUT2D eigenvalue weighted by Gasteiger charge is -2.47. The first kappa shape index (κ1) is 23.8. The molecule has 2 aromatic heterocycles. The number of aromatic nitrogens is 3. The Morgan fingerprint density at radius 1 is 1.09 bits per heavy atom. The van der Waals surface area contributed by atoms with Crippen LogP contribution in [-0.4, -0.2) is 63.3 Å². The quantitative estimate of drug-likeness (QED) is 0.709. The largest absolute Gasteiger partial charge is 0.490 e. The molecule has 0 atom stereocenters. The minimum absolute atomic E-state index is 0.196. The average Bonchev–Trinajstić information content (AvgIpc) is 2.76. The van der Waals surface area contributed by atoms with Crippen LogP contribution in [0.4, 0.5) is 23.5 Å². The SMILES string of the molecule is Fc1cnccc1CN1CCCC2(CCN(c3ncccn3)CC2)C1.O=C(O)C(F)(F)F. The van der Waals surface area contributed by atoms with Crippen molar-refractivity contribution in [2.45, 2.75) is 38.4 Å². The second kappa shape index (κ2) is 10.2. The Balaban J connectivity index is 0.000000360. The molecule has 2 aliphatic heterocycles. The summed E-state index contributed by atoms with van der Waals surface area (Å²) >= 11 is 0. The monoisotopic (exact) mass is 455 g/mol. The zero-order valence-corrected chi connectivity index (χ0v) is 17.4. The van der Waals surface area contributed by atoms with E-state index in [1.165, 1.54) is 19.0 Å². The van der Waals surface area contributed by atoms with Gasteiger partial charge in [-0.25, -0.2) is 19.2 Å². The molecule has 0 bridgehead atoms. The van der Waals surface area contributed by atoms with Crippen molar-refractivity contribution in [1.29, 1.82) is 0 Å². The molecule has 11 heteroatoms. The first-order valence-corrected chi connectivity index (χ1v) is 10.3. The van der Waals surface area contributed by atoms with E-state index < -0.39 is 12.1 Å². The third-order valence-electron chi connectivity index (χ3n) is 5.89. The molecule has 1 spiro atoms. The number of rotatable bonds is 3. The second-order valence-electron chi connectivity index (χ2n) is 8.12. The van der Waals surface area contributed by atoms with Gasteiger partial charge in [-0.15, -0.1) is 0 Å². The van der Waals surface area contributed by atoms with Crippen LogP contribution < -0.4 is 4.90 Å². The van der Waals surface area contributed by atoms with Gasteiger partial charge in [-0.1, -0.05) is 0 Å². The van der Waals surface area contributed by atoms with E-state index in [2.05, 4.69) is 24.8 Å². The molecule has 0 aromatic carbocycles. The number of hydrogen-bond acceptors (Lipinski definition) is 6. The molecule has 7 nitrogen and oxygen atoms in total. The van der Waals surface area contributed by atoms with Gasteiger partial charge in [0.25, 0.3) is 0 Å². The number of carbonyl (C=O) groups is 1. The van der Waals surface area contributed by atoms with E-state index in [4.69, 9.17) is 9.90 Å². The minimum atomic E-state index is -5.08. The van der Waals surface area contributed by atoms with Crippen molar-refractivity contribution >= 4 is 11.9 Å². The Morgan fingerprint density at radius 2 is 1.75 bits per heavy atom. The van der Waals surface area contributed by atoms with Crippen molar-refractivity contribution in [3.8, 4) is 0 Å². The third-order valence-corrected chi connectivity index (χ3v) is 5.89. The fourth-order valence-corrected chi connectivity index (χ4v) is 4.26. The molecule has 2 aliphatic rings. The Bertz CT molecular complexity index is 889. The van der Waals surface area contributed by atoms with E-state index in [1.807, 2.05) is 6.07 Å². The number of hydrogen-bond donors (Lipinski definition) is 1. The fourth-order valence-electron chi connectivity index (χ4n) is 4.26. The maximum Gasteiger partial charge on any atom is 0.490 e. The van der Waals surface area contributed by atoms with Crippen molar-refractivity contribution in [3.05, 3.63) is 48.3 Å². The molecule has 32 heavy (non-hydrogen) atoms. The second-order valence-corrected chi connectivity index (χ2v) is 8.12. The molecular weight excluding hydrogens is 430 g/mol. The topological polar surface area (TPSA) is 82.5 Å². The predicted octanol–water partition coefficient (Wildman–Crippen LogP) is 3.53. The zero-order valence-electron chi connectivity index (χ0n) is 17.4. The number of aliphatic carboxylic acids is 1. The smallest absolute Gasteiger partial charge is 0.475 e. The molecular formula is C21H25F4N5O2. The van der Waals surface area contributed by atoms with Gasteiger partial charge < -0.3 is 10.0 Å². The summed E-state index contributed by atoms with van der Waals surface area (Å²) in [6.07, 6.45) is 6.28. The molecule has 4 heterocycles. The minimum Gasteiger partial charge on any atom is -0.475 e. The van der Waals surface area contributed by atoms with Gasteiger partial charge in [0.2, 0.25) is 5.95 Å². The van der Waals surface area contributed by atoms with Crippen LogP contribution in [0.25, 0.3) is 0 Å². The van der Waals surface area contributed by atoms with Crippen molar-refractivity contribution in [1.82, 2.24) is 19.9 Å². The average molecular weight is 455 g/mol. The van der Waals surface area contributed by atoms with E-state index in [9.17, 15) is 17.6 Å². The molecule has 174 valence electrons. The molecule has 2 saturated heterocycles. The number of pyridine rings is 1. The van der Waals surface area contributed by atoms with Gasteiger partial charge in [0, 0.05) is 50.3 Å². The highest BCUT2D eigenvalue weighted by Gasteiger charge is 2.39. The van der Waals surface area contributed by atoms with Gasteiger partial charge >= 0.3 is 12.1 Å². The lowest BCUT2D eigenvalue weighted by Crippen LogP contribution is -2.49. The number of piperidine rings is 2. The number of anilines is 1. The van der Waals surface area contributed by atoms with E-state index in [0.717, 1.165) is 50.5 Å². The summed E-state index contributed by atoms with van der Waals surface area (Å²) in [6.45, 7) is 4.79. The van der Waals surface area contributed by atoms with Crippen LogP contribution in [0.5, 0.6) is 0 Å². The Hall–Kier alpha value is -2.82. The first-order valence-electron chi connectivity index (χ1n) is 10.3. The lowest BCUT2D eigenvalue weighted by molar-refractivity contribution is -0.192. The molecule has 0 radical (unpaired) electrons. The standard InChI is InChI=1S/C19H24FN5.C2HF3O2/c20-17-13-21-9-3-16(17)14-24-10-1-4-19(15-24)5-11-25(12-6-19)18-22-7-2-8-23-18;3-2(4,5)1(6)7/h2-3,7-9,13H,1,4-6,10-12,14-15H2;(H,6,7). The lowest BCUT2D eigenvalue weighted by atomic mass is 9.72. The van der Waals surface area contributed by atoms with Crippen LogP contribution in [0.3, 0.4) is 0 Å². The number of carboxylic acid groups (broad SMARTS) is 1. The normalized spacial score (nSPS) is 18.7. The number of nitrogens with zero attached hydrogens (tertiary/aromatic N) is 5. The first-order chi connectivity index (χ1) is 15.2. The van der Waals surface area contributed by atoms with Gasteiger partial charge in [-0.2, -0.15) is 13.2 Å². The van der Waals surface area contributed by atoms with Crippen molar-refractivity contribution in [3.63, 3.8) is 0 Å². The molecule has 0 amide bonds. The van der Waals surface area contributed by atoms with Crippen molar-refractivity contribution < 1.29 is 27.5 Å². The van der Waals surface area contributed by atoms with Gasteiger partial charge in [0.15, 0.2) is 0 Å². The van der Waals surface area contributed by atoms with Crippen molar-refractivity contribution in [2.75, 3.05) is 31.1 Å². The van der Waals surface area contributed by atoms with Gasteiger partial charge in [-0.05, 0) is 49.8 Å². The van der Waals surface area contributed by atoms with Crippen LogP contribution >= 0.6 is 0 Å². The number of likely N-dealkylation sites (tertiary alicyclic amines) is 1. The number of alkyl halides is 3. The van der Waals surface area contributed by atoms with Crippen molar-refractivity contribution in [2.24, 2.45) is 5.41 Å². The fraction of sp³-hybridized carbons (Fsp3) is 0.524. The molecule has 0 saturated carbocycles. The number of halogens is 4. The van der Waals surface area contributed by atoms with E-state index in [0.29, 0.717) is 12.0 Å². The molecule has 0 aliphatic carbocycles. The van der Waals surface area contributed by atoms with Crippen LogP contribution in [0.1, 0.15) is 31.2 Å². The summed E-state index contributed by atoms with van der Waals surface area (Å²) in [5.41, 5.74) is 1.11. The van der Waals surface area contributed by atoms with Gasteiger partial charge in [-0.3, -0.25) is 9.88 Å². The van der Waals surface area contributed by atoms with Gasteiger partial charge in [0.1, 0.15) is 5.82 Å². The molecule has 4 rings (SSSR count). The van der Waals surface area contributed by atoms with Crippen LogP contribution in [0.15, 0.2) is 36.9 Å². The van der Waals surface area contributed by atoms with Gasteiger partial charge in [0.05, 0.1) is 6.20 Å². The highest BCUT2D eigenvalue weighted by Crippen LogP contribution is 2.40. The summed E-state index contributed by atoms with van der Waals surface area (Å²) in [6, 6.07) is 3.65. The van der Waals surface area contributed by atoms with E-state index in [-0.39, 0.29) is 5.82 Å². The predicted molar refractivity (Wildman–Crippen MR) is 108 cm³/mol. The molecule has 2 fully saturated rings. The highest BCUT2D eigenvalue weighted by atomic mass is 19.4. The summed E-state index contributed by atoms with van der Waals surface area (Å²) in [4.78, 5) is 26.2. The van der Waals surface area contributed by atoms with E-state index in [1.54, 1.807) is 24.7 Å². The Morgan fingerprint density at radius 3 is 2.34 bits per heavy atom. The maximum absolute atomic E-state index is 13.9. The third kappa shape index (κ3) is 6.35. The van der Waals surface area contributed by atoms with E-state index >= 15 is 0 Å². The summed E-state index contributed by atoms with van der Waals surface area (Å²) < 4.78 is 45.6. The molecule has 1 N–H and O–H groups in total. The Kier molecular flexibility index (Phi) is 7.60.